The third-order valence-corrected chi connectivity index (χ3v) is 2.32. The minimum absolute atomic E-state index is 0.167. The molecule has 0 unspecified atom stereocenters. The van der Waals surface area contributed by atoms with E-state index in [1.54, 1.807) is 11.8 Å². The summed E-state index contributed by atoms with van der Waals surface area (Å²) in [5, 5.41) is 5.32. The van der Waals surface area contributed by atoms with Gasteiger partial charge >= 0.3 is 0 Å². The zero-order valence-electron chi connectivity index (χ0n) is 6.76. The molecule has 0 aromatic carbocycles. The average Bonchev–Trinajstić information content (AvgIpc) is 2.63. The molecule has 5 heteroatoms. The standard InChI is InChI=1S/C4H7NO.C3H5NOS/c6-4-2-1-3-5-4;5-3-1-6-2-4-3/h1-3H2,(H,5,6);1-2H2,(H,4,5). The molecule has 12 heavy (non-hydrogen) atoms. The number of nitrogens with one attached hydrogen (secondary N) is 2. The Hall–Kier alpha value is -0.710. The third kappa shape index (κ3) is 3.61. The first kappa shape index (κ1) is 9.38. The van der Waals surface area contributed by atoms with Crippen LogP contribution in [0.5, 0.6) is 0 Å². The van der Waals surface area contributed by atoms with Gasteiger partial charge in [-0.25, -0.2) is 0 Å². The molecule has 2 N–H and O–H groups in total. The lowest BCUT2D eigenvalue weighted by Crippen LogP contribution is -2.14. The Morgan fingerprint density at radius 2 is 2.00 bits per heavy atom. The first-order valence-electron chi connectivity index (χ1n) is 3.90. The van der Waals surface area contributed by atoms with Crippen molar-refractivity contribution in [2.45, 2.75) is 12.8 Å². The van der Waals surface area contributed by atoms with Crippen molar-refractivity contribution >= 4 is 23.6 Å². The van der Waals surface area contributed by atoms with Gasteiger partial charge in [-0.2, -0.15) is 0 Å². The van der Waals surface area contributed by atoms with Gasteiger partial charge in [0.25, 0.3) is 0 Å². The Kier molecular flexibility index (Phi) is 3.93. The van der Waals surface area contributed by atoms with Gasteiger partial charge in [0.05, 0.1) is 11.6 Å². The van der Waals surface area contributed by atoms with Crippen LogP contribution in [0, 0.1) is 0 Å². The summed E-state index contributed by atoms with van der Waals surface area (Å²) in [5.41, 5.74) is 0. The molecule has 2 aliphatic heterocycles. The van der Waals surface area contributed by atoms with Crippen molar-refractivity contribution in [2.75, 3.05) is 18.2 Å². The van der Waals surface area contributed by atoms with Crippen LogP contribution in [0.25, 0.3) is 0 Å². The molecular weight excluding hydrogens is 176 g/mol. The first-order valence-corrected chi connectivity index (χ1v) is 5.05. The quantitative estimate of drug-likeness (QED) is 0.549. The van der Waals surface area contributed by atoms with Gasteiger partial charge in [-0.15, -0.1) is 11.8 Å². The second-order valence-corrected chi connectivity index (χ2v) is 3.53. The van der Waals surface area contributed by atoms with Crippen molar-refractivity contribution in [3.05, 3.63) is 0 Å². The zero-order valence-corrected chi connectivity index (χ0v) is 7.58. The normalized spacial score (nSPS) is 21.0. The molecule has 0 aliphatic carbocycles. The molecule has 2 heterocycles. The van der Waals surface area contributed by atoms with Crippen LogP contribution in [0.1, 0.15) is 12.8 Å². The van der Waals surface area contributed by atoms with Crippen LogP contribution in [-0.2, 0) is 9.59 Å². The Labute approximate surface area is 75.5 Å². The summed E-state index contributed by atoms with van der Waals surface area (Å²) in [7, 11) is 0. The highest BCUT2D eigenvalue weighted by Gasteiger charge is 2.06. The molecular formula is C7H12N2O2S. The predicted molar refractivity (Wildman–Crippen MR) is 47.7 cm³/mol. The van der Waals surface area contributed by atoms with Crippen molar-refractivity contribution in [1.29, 1.82) is 0 Å². The molecule has 0 saturated carbocycles. The Balaban J connectivity index is 0.000000120. The summed E-state index contributed by atoms with van der Waals surface area (Å²) >= 11 is 1.62. The van der Waals surface area contributed by atoms with Crippen LogP contribution in [0.3, 0.4) is 0 Å². The molecule has 0 spiro atoms. The van der Waals surface area contributed by atoms with E-state index in [1.807, 2.05) is 0 Å². The predicted octanol–water partition coefficient (Wildman–Crippen LogP) is -0.297. The maximum Gasteiger partial charge on any atom is 0.230 e. The van der Waals surface area contributed by atoms with Gasteiger partial charge < -0.3 is 10.6 Å². The van der Waals surface area contributed by atoms with Crippen LogP contribution in [-0.4, -0.2) is 30.0 Å². The van der Waals surface area contributed by atoms with E-state index in [4.69, 9.17) is 0 Å². The fourth-order valence-electron chi connectivity index (χ4n) is 0.891. The maximum absolute atomic E-state index is 10.1. The maximum atomic E-state index is 10.1. The number of thioether (sulfide) groups is 1. The second kappa shape index (κ2) is 5.03. The lowest BCUT2D eigenvalue weighted by Gasteiger charge is -1.80. The van der Waals surface area contributed by atoms with Crippen LogP contribution >= 0.6 is 11.8 Å². The van der Waals surface area contributed by atoms with Gasteiger partial charge in [0, 0.05) is 13.0 Å². The smallest absolute Gasteiger partial charge is 0.230 e. The van der Waals surface area contributed by atoms with Gasteiger partial charge in [-0.1, -0.05) is 0 Å². The van der Waals surface area contributed by atoms with Crippen molar-refractivity contribution in [3.63, 3.8) is 0 Å². The van der Waals surface area contributed by atoms with Crippen LogP contribution in [0.15, 0.2) is 0 Å². The van der Waals surface area contributed by atoms with Gasteiger partial charge in [0.2, 0.25) is 11.8 Å². The number of hydrogen-bond acceptors (Lipinski definition) is 3. The molecule has 2 saturated heterocycles. The van der Waals surface area contributed by atoms with Crippen LogP contribution in [0.2, 0.25) is 0 Å². The van der Waals surface area contributed by atoms with Gasteiger partial charge in [0.1, 0.15) is 0 Å². The fourth-order valence-corrected chi connectivity index (χ4v) is 1.54. The summed E-state index contributed by atoms with van der Waals surface area (Å²) in [6.45, 7) is 0.888. The fraction of sp³-hybridized carbons (Fsp3) is 0.714. The molecule has 2 amide bonds. The Bertz CT molecular complexity index is 148. The summed E-state index contributed by atoms with van der Waals surface area (Å²) in [6.07, 6.45) is 1.76. The third-order valence-electron chi connectivity index (χ3n) is 1.51. The minimum Gasteiger partial charge on any atom is -0.356 e. The summed E-state index contributed by atoms with van der Waals surface area (Å²) < 4.78 is 0. The molecule has 68 valence electrons. The zero-order chi connectivity index (χ0) is 8.81. The van der Waals surface area contributed by atoms with Crippen molar-refractivity contribution in [1.82, 2.24) is 10.6 Å². The topological polar surface area (TPSA) is 58.2 Å². The number of amides is 2. The van der Waals surface area contributed by atoms with Crippen molar-refractivity contribution < 1.29 is 9.59 Å². The van der Waals surface area contributed by atoms with E-state index in [9.17, 15) is 9.59 Å². The largest absolute Gasteiger partial charge is 0.356 e. The molecule has 0 bridgehead atoms. The van der Waals surface area contributed by atoms with Gasteiger partial charge in [-0.3, -0.25) is 9.59 Å². The summed E-state index contributed by atoms with van der Waals surface area (Å²) in [5.74, 6) is 1.83. The van der Waals surface area contributed by atoms with E-state index in [1.165, 1.54) is 0 Å². The monoisotopic (exact) mass is 188 g/mol. The molecule has 0 radical (unpaired) electrons. The van der Waals surface area contributed by atoms with E-state index in [0.717, 1.165) is 25.3 Å². The summed E-state index contributed by atoms with van der Waals surface area (Å²) in [4.78, 5) is 20.2. The number of rotatable bonds is 0. The molecule has 0 aromatic rings. The molecule has 2 fully saturated rings. The van der Waals surface area contributed by atoms with Crippen LogP contribution in [0.4, 0.5) is 0 Å². The Morgan fingerprint density at radius 1 is 1.17 bits per heavy atom. The first-order chi connectivity index (χ1) is 5.79. The second-order valence-electron chi connectivity index (χ2n) is 2.55. The lowest BCUT2D eigenvalue weighted by atomic mass is 10.4. The highest BCUT2D eigenvalue weighted by molar-refractivity contribution is 8.00. The highest BCUT2D eigenvalue weighted by atomic mass is 32.2. The highest BCUT2D eigenvalue weighted by Crippen LogP contribution is 2.01. The molecule has 4 nitrogen and oxygen atoms in total. The van der Waals surface area contributed by atoms with Gasteiger partial charge in [-0.05, 0) is 6.42 Å². The SMILES string of the molecule is O=C1CCCN1.O=C1CSCN1. The van der Waals surface area contributed by atoms with E-state index in [0.29, 0.717) is 5.75 Å². The summed E-state index contributed by atoms with van der Waals surface area (Å²) in [6, 6.07) is 0. The van der Waals surface area contributed by atoms with Crippen molar-refractivity contribution in [2.24, 2.45) is 0 Å². The van der Waals surface area contributed by atoms with Gasteiger partial charge in [0.15, 0.2) is 0 Å². The number of hydrogen-bond donors (Lipinski definition) is 2. The van der Waals surface area contributed by atoms with Crippen LogP contribution < -0.4 is 10.6 Å². The minimum atomic E-state index is 0.167. The van der Waals surface area contributed by atoms with E-state index in [2.05, 4.69) is 10.6 Å². The Morgan fingerprint density at radius 3 is 2.17 bits per heavy atom. The molecule has 2 rings (SSSR count). The molecule has 0 aromatic heterocycles. The molecule has 2 aliphatic rings. The van der Waals surface area contributed by atoms with E-state index >= 15 is 0 Å². The van der Waals surface area contributed by atoms with E-state index < -0.39 is 0 Å². The average molecular weight is 188 g/mol. The van der Waals surface area contributed by atoms with Crippen molar-refractivity contribution in [3.8, 4) is 0 Å². The lowest BCUT2D eigenvalue weighted by molar-refractivity contribution is -0.119. The number of carbonyl (C=O) groups is 2. The molecule has 0 atom stereocenters. The number of carbonyl (C=O) groups excluding carboxylic acids is 2. The van der Waals surface area contributed by atoms with E-state index in [-0.39, 0.29) is 11.8 Å².